The van der Waals surface area contributed by atoms with Gasteiger partial charge in [0.2, 0.25) is 0 Å². The van der Waals surface area contributed by atoms with Gasteiger partial charge in [0.15, 0.2) is 0 Å². The highest BCUT2D eigenvalue weighted by molar-refractivity contribution is 5.94. The molecule has 5 nitrogen and oxygen atoms in total. The van der Waals surface area contributed by atoms with Gasteiger partial charge in [0.25, 0.3) is 5.91 Å². The minimum absolute atomic E-state index is 0.127. The fraction of sp³-hybridized carbons (Fsp3) is 0.267. The summed E-state index contributed by atoms with van der Waals surface area (Å²) in [4.78, 5) is 20.2. The van der Waals surface area contributed by atoms with Crippen LogP contribution in [0.3, 0.4) is 0 Å². The van der Waals surface area contributed by atoms with Crippen molar-refractivity contribution in [3.8, 4) is 0 Å². The maximum absolute atomic E-state index is 12.2. The molecular weight excluding hydrogens is 252 g/mol. The van der Waals surface area contributed by atoms with Crippen molar-refractivity contribution in [3.05, 3.63) is 53.6 Å². The molecule has 1 amide bonds. The molecule has 2 aromatic rings. The first-order valence-electron chi connectivity index (χ1n) is 6.55. The van der Waals surface area contributed by atoms with Gasteiger partial charge in [-0.05, 0) is 31.5 Å². The van der Waals surface area contributed by atoms with Gasteiger partial charge in [0.05, 0.1) is 17.4 Å². The summed E-state index contributed by atoms with van der Waals surface area (Å²) < 4.78 is 0. The van der Waals surface area contributed by atoms with Crippen molar-refractivity contribution in [2.45, 2.75) is 26.3 Å². The van der Waals surface area contributed by atoms with Crippen molar-refractivity contribution >= 4 is 11.6 Å². The highest BCUT2D eigenvalue weighted by atomic mass is 16.1. The Morgan fingerprint density at radius 3 is 2.65 bits per heavy atom. The van der Waals surface area contributed by atoms with Crippen LogP contribution in [0.2, 0.25) is 0 Å². The Labute approximate surface area is 118 Å². The Morgan fingerprint density at radius 2 is 2.00 bits per heavy atom. The number of nitrogens with two attached hydrogens (primary N) is 1. The molecule has 0 bridgehead atoms. The Hall–Kier alpha value is -2.43. The molecule has 0 saturated heterocycles. The van der Waals surface area contributed by atoms with Gasteiger partial charge in [0.1, 0.15) is 0 Å². The Kier molecular flexibility index (Phi) is 4.30. The van der Waals surface area contributed by atoms with Crippen molar-refractivity contribution < 1.29 is 4.79 Å². The van der Waals surface area contributed by atoms with E-state index in [4.69, 9.17) is 5.73 Å². The third-order valence-electron chi connectivity index (χ3n) is 3.25. The van der Waals surface area contributed by atoms with Gasteiger partial charge in [-0.2, -0.15) is 0 Å². The standard InChI is InChI=1S/C15H18N4O/c1-3-13(12-6-9-18-10(2)14(12)16)19-15(20)11-4-7-17-8-5-11/h4-9,13H,3,16H2,1-2H3,(H,19,20)/t13-/m0/s1. The lowest BCUT2D eigenvalue weighted by Crippen LogP contribution is -2.28. The molecular formula is C15H18N4O. The number of rotatable bonds is 4. The summed E-state index contributed by atoms with van der Waals surface area (Å²) >= 11 is 0. The van der Waals surface area contributed by atoms with Crippen molar-refractivity contribution in [3.63, 3.8) is 0 Å². The number of anilines is 1. The molecule has 0 spiro atoms. The summed E-state index contributed by atoms with van der Waals surface area (Å²) in [7, 11) is 0. The molecule has 0 saturated carbocycles. The van der Waals surface area contributed by atoms with Crippen LogP contribution >= 0.6 is 0 Å². The second-order valence-electron chi connectivity index (χ2n) is 4.57. The summed E-state index contributed by atoms with van der Waals surface area (Å²) in [6.07, 6.45) is 5.66. The van der Waals surface area contributed by atoms with E-state index in [2.05, 4.69) is 15.3 Å². The van der Waals surface area contributed by atoms with Crippen LogP contribution in [0.4, 0.5) is 5.69 Å². The quantitative estimate of drug-likeness (QED) is 0.892. The number of hydrogen-bond acceptors (Lipinski definition) is 4. The van der Waals surface area contributed by atoms with Gasteiger partial charge >= 0.3 is 0 Å². The molecule has 0 aliphatic heterocycles. The number of aryl methyl sites for hydroxylation is 1. The number of aromatic nitrogens is 2. The van der Waals surface area contributed by atoms with Crippen LogP contribution in [0.25, 0.3) is 0 Å². The van der Waals surface area contributed by atoms with E-state index in [1.54, 1.807) is 30.7 Å². The summed E-state index contributed by atoms with van der Waals surface area (Å²) in [5.74, 6) is -0.131. The van der Waals surface area contributed by atoms with Crippen molar-refractivity contribution in [2.24, 2.45) is 0 Å². The second-order valence-corrected chi connectivity index (χ2v) is 4.57. The number of pyridine rings is 2. The smallest absolute Gasteiger partial charge is 0.251 e. The van der Waals surface area contributed by atoms with Crippen LogP contribution in [-0.4, -0.2) is 15.9 Å². The van der Waals surface area contributed by atoms with E-state index >= 15 is 0 Å². The van der Waals surface area contributed by atoms with E-state index in [-0.39, 0.29) is 11.9 Å². The normalized spacial score (nSPS) is 11.9. The zero-order valence-corrected chi connectivity index (χ0v) is 11.6. The predicted molar refractivity (Wildman–Crippen MR) is 78.1 cm³/mol. The molecule has 0 aliphatic rings. The third-order valence-corrected chi connectivity index (χ3v) is 3.25. The molecule has 2 aromatic heterocycles. The topological polar surface area (TPSA) is 80.9 Å². The number of hydrogen-bond donors (Lipinski definition) is 2. The molecule has 0 fully saturated rings. The molecule has 104 valence electrons. The van der Waals surface area contributed by atoms with Gasteiger partial charge in [-0.15, -0.1) is 0 Å². The summed E-state index contributed by atoms with van der Waals surface area (Å²) in [6.45, 7) is 3.86. The Bertz CT molecular complexity index is 598. The second kappa shape index (κ2) is 6.14. The van der Waals surface area contributed by atoms with Crippen LogP contribution in [0.5, 0.6) is 0 Å². The molecule has 20 heavy (non-hydrogen) atoms. The molecule has 3 N–H and O–H groups in total. The van der Waals surface area contributed by atoms with Gasteiger partial charge < -0.3 is 11.1 Å². The third kappa shape index (κ3) is 2.93. The fourth-order valence-corrected chi connectivity index (χ4v) is 2.05. The number of nitrogen functional groups attached to an aromatic ring is 1. The summed E-state index contributed by atoms with van der Waals surface area (Å²) in [6, 6.07) is 5.09. The fourth-order valence-electron chi connectivity index (χ4n) is 2.05. The average molecular weight is 270 g/mol. The van der Waals surface area contributed by atoms with Gasteiger partial charge in [-0.25, -0.2) is 0 Å². The number of nitrogens with zero attached hydrogens (tertiary/aromatic N) is 2. The van der Waals surface area contributed by atoms with E-state index in [1.165, 1.54) is 0 Å². The molecule has 2 rings (SSSR count). The Morgan fingerprint density at radius 1 is 1.30 bits per heavy atom. The van der Waals surface area contributed by atoms with Gasteiger partial charge in [-0.3, -0.25) is 14.8 Å². The van der Waals surface area contributed by atoms with Gasteiger partial charge in [-0.1, -0.05) is 6.92 Å². The maximum Gasteiger partial charge on any atom is 0.251 e. The first-order chi connectivity index (χ1) is 9.63. The van der Waals surface area contributed by atoms with E-state index in [0.717, 1.165) is 17.7 Å². The number of carbonyl (C=O) groups excluding carboxylic acids is 1. The highest BCUT2D eigenvalue weighted by Crippen LogP contribution is 2.24. The maximum atomic E-state index is 12.2. The number of nitrogens with one attached hydrogen (secondary N) is 1. The van der Waals surface area contributed by atoms with E-state index in [0.29, 0.717) is 11.3 Å². The first kappa shape index (κ1) is 14.0. The molecule has 0 unspecified atom stereocenters. The number of carbonyl (C=O) groups is 1. The lowest BCUT2D eigenvalue weighted by molar-refractivity contribution is 0.0935. The van der Waals surface area contributed by atoms with E-state index in [9.17, 15) is 4.79 Å². The summed E-state index contributed by atoms with van der Waals surface area (Å²) in [5, 5.41) is 2.99. The predicted octanol–water partition coefficient (Wildman–Crippen LogP) is 2.25. The van der Waals surface area contributed by atoms with Crippen LogP contribution in [-0.2, 0) is 0 Å². The largest absolute Gasteiger partial charge is 0.397 e. The number of amides is 1. The van der Waals surface area contributed by atoms with E-state index < -0.39 is 0 Å². The molecule has 1 atom stereocenters. The zero-order valence-electron chi connectivity index (χ0n) is 11.6. The first-order valence-corrected chi connectivity index (χ1v) is 6.55. The van der Waals surface area contributed by atoms with Gasteiger partial charge in [0, 0.05) is 29.7 Å². The zero-order chi connectivity index (χ0) is 14.5. The minimum Gasteiger partial charge on any atom is -0.397 e. The monoisotopic (exact) mass is 270 g/mol. The lowest BCUT2D eigenvalue weighted by atomic mass is 10.0. The van der Waals surface area contributed by atoms with Crippen LogP contribution in [0.15, 0.2) is 36.8 Å². The molecule has 0 radical (unpaired) electrons. The summed E-state index contributed by atoms with van der Waals surface area (Å²) in [5.41, 5.74) is 8.95. The Balaban J connectivity index is 2.21. The average Bonchev–Trinajstić information content (AvgIpc) is 2.48. The van der Waals surface area contributed by atoms with Crippen LogP contribution in [0.1, 0.15) is 41.0 Å². The molecule has 5 heteroatoms. The minimum atomic E-state index is -0.131. The highest BCUT2D eigenvalue weighted by Gasteiger charge is 2.17. The molecule has 0 aromatic carbocycles. The van der Waals surface area contributed by atoms with E-state index in [1.807, 2.05) is 19.9 Å². The lowest BCUT2D eigenvalue weighted by Gasteiger charge is -2.19. The van der Waals surface area contributed by atoms with Crippen LogP contribution in [0, 0.1) is 6.92 Å². The van der Waals surface area contributed by atoms with Crippen molar-refractivity contribution in [1.29, 1.82) is 0 Å². The molecule has 0 aliphatic carbocycles. The van der Waals surface area contributed by atoms with Crippen molar-refractivity contribution in [1.82, 2.24) is 15.3 Å². The molecule has 2 heterocycles. The SMILES string of the molecule is CC[C@H](NC(=O)c1ccncc1)c1ccnc(C)c1N. The van der Waals surface area contributed by atoms with Crippen LogP contribution < -0.4 is 11.1 Å². The van der Waals surface area contributed by atoms with Crippen molar-refractivity contribution in [2.75, 3.05) is 5.73 Å².